The van der Waals surface area contributed by atoms with Gasteiger partial charge in [0.1, 0.15) is 0 Å². The fraction of sp³-hybridized carbons (Fsp3) is 0.364. The van der Waals surface area contributed by atoms with Gasteiger partial charge in [0.05, 0.1) is 0 Å². The van der Waals surface area contributed by atoms with Crippen molar-refractivity contribution < 1.29 is 4.79 Å². The zero-order chi connectivity index (χ0) is 11.3. The number of amides is 1. The fourth-order valence-electron chi connectivity index (χ4n) is 1.38. The molecule has 0 aromatic heterocycles. The first-order valence-corrected chi connectivity index (χ1v) is 4.89. The minimum absolute atomic E-state index is 0.269. The molecule has 1 rings (SSSR count). The van der Waals surface area contributed by atoms with Gasteiger partial charge in [-0.25, -0.2) is 0 Å². The molecule has 0 heterocycles. The van der Waals surface area contributed by atoms with Crippen LogP contribution in [0.4, 0.5) is 5.69 Å². The minimum atomic E-state index is -0.269. The summed E-state index contributed by atoms with van der Waals surface area (Å²) in [5.41, 5.74) is 12.6. The third-order valence-electron chi connectivity index (χ3n) is 2.14. The van der Waals surface area contributed by atoms with Crippen LogP contribution < -0.4 is 11.5 Å². The molecular formula is C11H17N3O. The Morgan fingerprint density at radius 3 is 2.80 bits per heavy atom. The third-order valence-corrected chi connectivity index (χ3v) is 2.14. The molecule has 1 aromatic rings. The number of primary amides is 1. The van der Waals surface area contributed by atoms with Gasteiger partial charge in [-0.3, -0.25) is 4.79 Å². The summed E-state index contributed by atoms with van der Waals surface area (Å²) < 4.78 is 0. The van der Waals surface area contributed by atoms with Gasteiger partial charge >= 0.3 is 0 Å². The van der Waals surface area contributed by atoms with Gasteiger partial charge in [0, 0.05) is 25.2 Å². The Hall–Kier alpha value is -1.55. The van der Waals surface area contributed by atoms with Crippen LogP contribution in [0.15, 0.2) is 24.3 Å². The Morgan fingerprint density at radius 2 is 2.20 bits per heavy atom. The first-order chi connectivity index (χ1) is 7.08. The van der Waals surface area contributed by atoms with Gasteiger partial charge in [-0.1, -0.05) is 12.1 Å². The molecular weight excluding hydrogens is 190 g/mol. The lowest BCUT2D eigenvalue weighted by atomic mass is 10.2. The molecule has 0 unspecified atom stereocenters. The van der Waals surface area contributed by atoms with Crippen molar-refractivity contribution in [1.82, 2.24) is 4.90 Å². The van der Waals surface area contributed by atoms with Crippen molar-refractivity contribution in [2.24, 2.45) is 5.73 Å². The number of hydrogen-bond acceptors (Lipinski definition) is 3. The molecule has 4 N–H and O–H groups in total. The zero-order valence-electron chi connectivity index (χ0n) is 8.94. The van der Waals surface area contributed by atoms with E-state index in [0.717, 1.165) is 17.8 Å². The van der Waals surface area contributed by atoms with E-state index in [1.165, 1.54) is 0 Å². The van der Waals surface area contributed by atoms with E-state index in [0.29, 0.717) is 13.0 Å². The molecule has 0 spiro atoms. The molecule has 0 bridgehead atoms. The van der Waals surface area contributed by atoms with E-state index in [1.54, 1.807) is 0 Å². The summed E-state index contributed by atoms with van der Waals surface area (Å²) in [6.07, 6.45) is 0.388. The van der Waals surface area contributed by atoms with E-state index in [4.69, 9.17) is 11.5 Å². The average molecular weight is 207 g/mol. The largest absolute Gasteiger partial charge is 0.399 e. The van der Waals surface area contributed by atoms with Crippen molar-refractivity contribution in [1.29, 1.82) is 0 Å². The van der Waals surface area contributed by atoms with Crippen molar-refractivity contribution in [3.8, 4) is 0 Å². The molecule has 0 aliphatic heterocycles. The van der Waals surface area contributed by atoms with Gasteiger partial charge in [0.25, 0.3) is 0 Å². The molecule has 0 saturated carbocycles. The van der Waals surface area contributed by atoms with Gasteiger partial charge in [-0.2, -0.15) is 0 Å². The summed E-state index contributed by atoms with van der Waals surface area (Å²) in [5, 5.41) is 0. The summed E-state index contributed by atoms with van der Waals surface area (Å²) in [5.74, 6) is -0.269. The number of benzene rings is 1. The van der Waals surface area contributed by atoms with Crippen LogP contribution in [0.3, 0.4) is 0 Å². The summed E-state index contributed by atoms with van der Waals surface area (Å²) in [6.45, 7) is 1.45. The number of rotatable bonds is 5. The van der Waals surface area contributed by atoms with Crippen LogP contribution in [0.2, 0.25) is 0 Å². The van der Waals surface area contributed by atoms with E-state index >= 15 is 0 Å². The molecule has 0 aliphatic carbocycles. The Bertz CT molecular complexity index is 338. The van der Waals surface area contributed by atoms with E-state index in [1.807, 2.05) is 36.2 Å². The van der Waals surface area contributed by atoms with E-state index in [2.05, 4.69) is 0 Å². The molecule has 0 radical (unpaired) electrons. The maximum absolute atomic E-state index is 10.6. The molecule has 15 heavy (non-hydrogen) atoms. The fourth-order valence-corrected chi connectivity index (χ4v) is 1.38. The summed E-state index contributed by atoms with van der Waals surface area (Å²) >= 11 is 0. The molecule has 82 valence electrons. The number of carbonyl (C=O) groups is 1. The van der Waals surface area contributed by atoms with Crippen LogP contribution in [0.1, 0.15) is 12.0 Å². The monoisotopic (exact) mass is 207 g/mol. The molecule has 1 amide bonds. The highest BCUT2D eigenvalue weighted by Crippen LogP contribution is 2.08. The van der Waals surface area contributed by atoms with Gasteiger partial charge in [0.2, 0.25) is 5.91 Å². The van der Waals surface area contributed by atoms with Gasteiger partial charge in [-0.05, 0) is 24.7 Å². The average Bonchev–Trinajstić information content (AvgIpc) is 2.15. The lowest BCUT2D eigenvalue weighted by Crippen LogP contribution is -2.24. The van der Waals surface area contributed by atoms with Gasteiger partial charge < -0.3 is 16.4 Å². The first-order valence-electron chi connectivity index (χ1n) is 4.89. The van der Waals surface area contributed by atoms with E-state index < -0.39 is 0 Å². The van der Waals surface area contributed by atoms with Crippen molar-refractivity contribution in [2.45, 2.75) is 13.0 Å². The smallest absolute Gasteiger partial charge is 0.218 e. The number of hydrogen-bond donors (Lipinski definition) is 2. The number of nitrogens with zero attached hydrogens (tertiary/aromatic N) is 1. The van der Waals surface area contributed by atoms with Crippen LogP contribution in [0, 0.1) is 0 Å². The Balaban J connectivity index is 2.44. The lowest BCUT2D eigenvalue weighted by molar-refractivity contribution is -0.118. The van der Waals surface area contributed by atoms with Crippen LogP contribution in [-0.4, -0.2) is 24.4 Å². The van der Waals surface area contributed by atoms with Crippen molar-refractivity contribution >= 4 is 11.6 Å². The Labute approximate surface area is 89.9 Å². The second kappa shape index (κ2) is 5.36. The molecule has 0 atom stereocenters. The van der Waals surface area contributed by atoms with Crippen molar-refractivity contribution in [2.75, 3.05) is 19.3 Å². The summed E-state index contributed by atoms with van der Waals surface area (Å²) in [4.78, 5) is 12.6. The number of nitrogens with two attached hydrogens (primary N) is 2. The molecule has 0 fully saturated rings. The Morgan fingerprint density at radius 1 is 1.47 bits per heavy atom. The molecule has 1 aromatic carbocycles. The lowest BCUT2D eigenvalue weighted by Gasteiger charge is -2.15. The molecule has 4 heteroatoms. The molecule has 4 nitrogen and oxygen atoms in total. The quantitative estimate of drug-likeness (QED) is 0.693. The minimum Gasteiger partial charge on any atom is -0.399 e. The van der Waals surface area contributed by atoms with E-state index in [9.17, 15) is 4.79 Å². The van der Waals surface area contributed by atoms with Crippen molar-refractivity contribution in [3.63, 3.8) is 0 Å². The zero-order valence-corrected chi connectivity index (χ0v) is 8.94. The van der Waals surface area contributed by atoms with Crippen LogP contribution >= 0.6 is 0 Å². The molecule has 0 saturated heterocycles. The second-order valence-electron chi connectivity index (χ2n) is 3.70. The summed E-state index contributed by atoms with van der Waals surface area (Å²) in [6, 6.07) is 7.72. The highest BCUT2D eigenvalue weighted by Gasteiger charge is 2.02. The number of carbonyl (C=O) groups excluding carboxylic acids is 1. The first kappa shape index (κ1) is 11.5. The highest BCUT2D eigenvalue weighted by atomic mass is 16.1. The predicted octanol–water partition coefficient (Wildman–Crippen LogP) is 0.576. The van der Waals surface area contributed by atoms with Gasteiger partial charge in [0.15, 0.2) is 0 Å². The van der Waals surface area contributed by atoms with Crippen molar-refractivity contribution in [3.05, 3.63) is 29.8 Å². The second-order valence-corrected chi connectivity index (χ2v) is 3.70. The maximum atomic E-state index is 10.6. The maximum Gasteiger partial charge on any atom is 0.218 e. The number of anilines is 1. The van der Waals surface area contributed by atoms with Crippen LogP contribution in [0.25, 0.3) is 0 Å². The van der Waals surface area contributed by atoms with Gasteiger partial charge in [-0.15, -0.1) is 0 Å². The normalized spacial score (nSPS) is 10.5. The summed E-state index contributed by atoms with van der Waals surface area (Å²) in [7, 11) is 1.95. The Kier molecular flexibility index (Phi) is 4.12. The van der Waals surface area contributed by atoms with Crippen LogP contribution in [0.5, 0.6) is 0 Å². The number of nitrogen functional groups attached to an aromatic ring is 1. The van der Waals surface area contributed by atoms with E-state index in [-0.39, 0.29) is 5.91 Å². The SMILES string of the molecule is CN(CCC(N)=O)Cc1cccc(N)c1. The molecule has 0 aliphatic rings. The standard InChI is InChI=1S/C11H17N3O/c1-14(6-5-11(13)15)8-9-3-2-4-10(12)7-9/h2-4,7H,5-6,8,12H2,1H3,(H2,13,15). The highest BCUT2D eigenvalue weighted by molar-refractivity contribution is 5.73. The topological polar surface area (TPSA) is 72.3 Å². The van der Waals surface area contributed by atoms with Crippen LogP contribution in [-0.2, 0) is 11.3 Å². The predicted molar refractivity (Wildman–Crippen MR) is 61.0 cm³/mol. The third kappa shape index (κ3) is 4.46.